The van der Waals surface area contributed by atoms with Crippen molar-refractivity contribution in [3.05, 3.63) is 23.6 Å². The molecule has 0 spiro atoms. The number of pyridine rings is 1. The average Bonchev–Trinajstić information content (AvgIpc) is 3.31. The van der Waals surface area contributed by atoms with Crippen LogP contribution in [0.25, 0.3) is 0 Å². The fraction of sp³-hybridized carbons (Fsp3) is 0.688. The first-order chi connectivity index (χ1) is 10.2. The topological polar surface area (TPSA) is 37.4 Å². The highest BCUT2D eigenvalue weighted by Gasteiger charge is 2.23. The van der Waals surface area contributed by atoms with Gasteiger partial charge in [-0.3, -0.25) is 0 Å². The number of halogens is 1. The zero-order chi connectivity index (χ0) is 15.2. The van der Waals surface area contributed by atoms with Crippen LogP contribution in [0.1, 0.15) is 38.7 Å². The number of nitrogens with zero attached hydrogens (tertiary/aromatic N) is 2. The van der Waals surface area contributed by atoms with E-state index in [0.29, 0.717) is 37.1 Å². The molecule has 0 aliphatic heterocycles. The van der Waals surface area contributed by atoms with Crippen molar-refractivity contribution in [2.24, 2.45) is 0 Å². The summed E-state index contributed by atoms with van der Waals surface area (Å²) in [6.45, 7) is 5.97. The van der Waals surface area contributed by atoms with Crippen molar-refractivity contribution in [2.45, 2.75) is 51.7 Å². The number of hydrogen-bond donors (Lipinski definition) is 1. The molecule has 1 atom stereocenters. The Hall–Kier alpha value is -1.20. The van der Waals surface area contributed by atoms with E-state index in [-0.39, 0.29) is 11.9 Å². The van der Waals surface area contributed by atoms with E-state index in [2.05, 4.69) is 24.1 Å². The minimum absolute atomic E-state index is 0.206. The summed E-state index contributed by atoms with van der Waals surface area (Å²) >= 11 is 0. The van der Waals surface area contributed by atoms with Crippen molar-refractivity contribution < 1.29 is 9.13 Å². The first kappa shape index (κ1) is 16.2. The molecule has 0 radical (unpaired) electrons. The van der Waals surface area contributed by atoms with E-state index in [9.17, 15) is 4.39 Å². The van der Waals surface area contributed by atoms with E-state index < -0.39 is 0 Å². The van der Waals surface area contributed by atoms with Crippen LogP contribution >= 0.6 is 0 Å². The first-order valence-corrected chi connectivity index (χ1v) is 7.79. The molecule has 0 amide bonds. The smallest absolute Gasteiger partial charge is 0.170 e. The summed E-state index contributed by atoms with van der Waals surface area (Å²) in [5, 5.41) is 3.36. The van der Waals surface area contributed by atoms with Gasteiger partial charge in [-0.25, -0.2) is 9.37 Å². The fourth-order valence-corrected chi connectivity index (χ4v) is 2.29. The third kappa shape index (κ3) is 4.38. The van der Waals surface area contributed by atoms with Gasteiger partial charge in [0.05, 0.1) is 6.61 Å². The highest BCUT2D eigenvalue weighted by Crippen LogP contribution is 2.24. The molecule has 0 aromatic carbocycles. The number of ether oxygens (including phenoxy) is 1. The molecule has 1 heterocycles. The van der Waals surface area contributed by atoms with Crippen molar-refractivity contribution in [3.8, 4) is 0 Å². The number of hydrogen-bond acceptors (Lipinski definition) is 4. The van der Waals surface area contributed by atoms with Gasteiger partial charge >= 0.3 is 0 Å². The van der Waals surface area contributed by atoms with Gasteiger partial charge in [-0.05, 0) is 32.3 Å². The normalized spacial score (nSPS) is 16.0. The van der Waals surface area contributed by atoms with Gasteiger partial charge < -0.3 is 15.0 Å². The largest absolute Gasteiger partial charge is 0.383 e. The second-order valence-corrected chi connectivity index (χ2v) is 5.71. The van der Waals surface area contributed by atoms with Crippen molar-refractivity contribution >= 4 is 5.82 Å². The van der Waals surface area contributed by atoms with Crippen LogP contribution < -0.4 is 10.2 Å². The predicted molar refractivity (Wildman–Crippen MR) is 83.0 cm³/mol. The number of anilines is 1. The van der Waals surface area contributed by atoms with Crippen molar-refractivity contribution in [3.63, 3.8) is 0 Å². The number of rotatable bonds is 9. The molecule has 0 bridgehead atoms. The summed E-state index contributed by atoms with van der Waals surface area (Å²) in [6.07, 6.45) is 5.04. The van der Waals surface area contributed by atoms with Crippen LogP contribution in [0, 0.1) is 5.82 Å². The Labute approximate surface area is 126 Å². The highest BCUT2D eigenvalue weighted by molar-refractivity contribution is 5.44. The fourth-order valence-electron chi connectivity index (χ4n) is 2.29. The summed E-state index contributed by atoms with van der Waals surface area (Å²) in [5.74, 6) is 0.235. The molecule has 1 N–H and O–H groups in total. The molecule has 1 aromatic heterocycles. The zero-order valence-electron chi connectivity index (χ0n) is 13.2. The molecule has 118 valence electrons. The lowest BCUT2D eigenvalue weighted by Gasteiger charge is -2.30. The monoisotopic (exact) mass is 295 g/mol. The van der Waals surface area contributed by atoms with Crippen LogP contribution in [0.15, 0.2) is 12.3 Å². The van der Waals surface area contributed by atoms with Gasteiger partial charge in [0.2, 0.25) is 0 Å². The molecule has 1 unspecified atom stereocenters. The van der Waals surface area contributed by atoms with Crippen LogP contribution in [-0.2, 0) is 11.3 Å². The molecule has 4 nitrogen and oxygen atoms in total. The van der Waals surface area contributed by atoms with Crippen LogP contribution in [0.3, 0.4) is 0 Å². The van der Waals surface area contributed by atoms with E-state index in [1.165, 1.54) is 12.8 Å². The molecule has 1 aliphatic rings. The summed E-state index contributed by atoms with van der Waals surface area (Å²) in [6, 6.07) is 2.56. The molecule has 1 saturated carbocycles. The van der Waals surface area contributed by atoms with Gasteiger partial charge in [-0.2, -0.15) is 0 Å². The molecule has 2 rings (SSSR count). The standard InChI is InChI=1S/C16H26FN3O/c1-4-12(2)20(9-10-21-3)16-15(17)13(7-8-18-16)11-19-14-5-6-14/h7-8,12,14,19H,4-6,9-11H2,1-3H3. The van der Waals surface area contributed by atoms with Gasteiger partial charge in [-0.15, -0.1) is 0 Å². The average molecular weight is 295 g/mol. The van der Waals surface area contributed by atoms with Gasteiger partial charge in [0, 0.05) is 44.0 Å². The predicted octanol–water partition coefficient (Wildman–Crippen LogP) is 2.72. The number of nitrogens with one attached hydrogen (secondary N) is 1. The minimum atomic E-state index is -0.206. The van der Waals surface area contributed by atoms with Crippen molar-refractivity contribution in [1.29, 1.82) is 0 Å². The lowest BCUT2D eigenvalue weighted by Crippen LogP contribution is -2.37. The second-order valence-electron chi connectivity index (χ2n) is 5.71. The molecule has 5 heteroatoms. The Balaban J connectivity index is 2.15. The maximum absolute atomic E-state index is 14.7. The molecule has 1 aliphatic carbocycles. The molecule has 1 fully saturated rings. The first-order valence-electron chi connectivity index (χ1n) is 7.79. The zero-order valence-corrected chi connectivity index (χ0v) is 13.2. The minimum Gasteiger partial charge on any atom is -0.383 e. The summed E-state index contributed by atoms with van der Waals surface area (Å²) in [7, 11) is 1.66. The Bertz CT molecular complexity index is 451. The summed E-state index contributed by atoms with van der Waals surface area (Å²) in [4.78, 5) is 6.27. The van der Waals surface area contributed by atoms with E-state index in [4.69, 9.17) is 4.74 Å². The van der Waals surface area contributed by atoms with Gasteiger partial charge in [-0.1, -0.05) is 6.92 Å². The summed E-state index contributed by atoms with van der Waals surface area (Å²) in [5.41, 5.74) is 0.692. The van der Waals surface area contributed by atoms with Gasteiger partial charge in [0.1, 0.15) is 0 Å². The molecule has 1 aromatic rings. The SMILES string of the molecule is CCC(C)N(CCOC)c1nccc(CNC2CC2)c1F. The third-order valence-corrected chi connectivity index (χ3v) is 4.04. The van der Waals surface area contributed by atoms with Crippen LogP contribution in [0.4, 0.5) is 10.2 Å². The van der Waals surface area contributed by atoms with E-state index in [0.717, 1.165) is 6.42 Å². The molecule has 0 saturated heterocycles. The highest BCUT2D eigenvalue weighted by atomic mass is 19.1. The maximum Gasteiger partial charge on any atom is 0.170 e. The van der Waals surface area contributed by atoms with Crippen LogP contribution in [0.5, 0.6) is 0 Å². The van der Waals surface area contributed by atoms with E-state index >= 15 is 0 Å². The van der Waals surface area contributed by atoms with Crippen LogP contribution in [-0.4, -0.2) is 37.3 Å². The molecule has 21 heavy (non-hydrogen) atoms. The number of methoxy groups -OCH3 is 1. The van der Waals surface area contributed by atoms with E-state index in [1.54, 1.807) is 19.4 Å². The lowest BCUT2D eigenvalue weighted by molar-refractivity contribution is 0.203. The number of aromatic nitrogens is 1. The Kier molecular flexibility index (Phi) is 5.94. The van der Waals surface area contributed by atoms with E-state index in [1.807, 2.05) is 4.90 Å². The van der Waals surface area contributed by atoms with Crippen molar-refractivity contribution in [1.82, 2.24) is 10.3 Å². The van der Waals surface area contributed by atoms with Crippen molar-refractivity contribution in [2.75, 3.05) is 25.2 Å². The van der Waals surface area contributed by atoms with Crippen LogP contribution in [0.2, 0.25) is 0 Å². The Morgan fingerprint density at radius 3 is 2.90 bits per heavy atom. The van der Waals surface area contributed by atoms with Gasteiger partial charge in [0.15, 0.2) is 11.6 Å². The quantitative estimate of drug-likeness (QED) is 0.760. The lowest BCUT2D eigenvalue weighted by atomic mass is 10.2. The maximum atomic E-state index is 14.7. The Morgan fingerprint density at radius 1 is 1.52 bits per heavy atom. The Morgan fingerprint density at radius 2 is 2.29 bits per heavy atom. The van der Waals surface area contributed by atoms with Gasteiger partial charge in [0.25, 0.3) is 0 Å². The third-order valence-electron chi connectivity index (χ3n) is 4.04. The molecular formula is C16H26FN3O. The summed E-state index contributed by atoms with van der Waals surface area (Å²) < 4.78 is 19.9. The second kappa shape index (κ2) is 7.71. The molecular weight excluding hydrogens is 269 g/mol.